The van der Waals surface area contributed by atoms with Crippen molar-refractivity contribution < 1.29 is 9.53 Å². The topological polar surface area (TPSA) is 67.3 Å². The van der Waals surface area contributed by atoms with Crippen LogP contribution in [-0.2, 0) is 13.0 Å². The van der Waals surface area contributed by atoms with Crippen LogP contribution in [-0.4, -0.2) is 41.0 Å². The zero-order valence-electron chi connectivity index (χ0n) is 20.0. The quantitative estimate of drug-likeness (QED) is 0.398. The molecule has 0 atom stereocenters. The van der Waals surface area contributed by atoms with Gasteiger partial charge >= 0.3 is 0 Å². The maximum absolute atomic E-state index is 13.3. The van der Waals surface area contributed by atoms with Crippen molar-refractivity contribution in [3.05, 3.63) is 95.9 Å². The highest BCUT2D eigenvalue weighted by atomic mass is 16.5. The van der Waals surface area contributed by atoms with Crippen molar-refractivity contribution in [3.8, 4) is 5.75 Å². The summed E-state index contributed by atoms with van der Waals surface area (Å²) in [6.07, 6.45) is 8.46. The van der Waals surface area contributed by atoms with Gasteiger partial charge < -0.3 is 15.0 Å². The number of ether oxygens (including phenoxy) is 1. The number of amides is 1. The van der Waals surface area contributed by atoms with Gasteiger partial charge in [0, 0.05) is 49.2 Å². The lowest BCUT2D eigenvalue weighted by atomic mass is 9.88. The molecule has 6 heteroatoms. The predicted molar refractivity (Wildman–Crippen MR) is 139 cm³/mol. The van der Waals surface area contributed by atoms with Gasteiger partial charge in [0.2, 0.25) is 0 Å². The first kappa shape index (κ1) is 22.8. The number of methoxy groups -OCH3 is 1. The molecule has 35 heavy (non-hydrogen) atoms. The van der Waals surface area contributed by atoms with Crippen molar-refractivity contribution in [3.63, 3.8) is 0 Å². The Morgan fingerprint density at radius 1 is 1.06 bits per heavy atom. The minimum absolute atomic E-state index is 0.0740. The second-order valence-electron chi connectivity index (χ2n) is 9.06. The van der Waals surface area contributed by atoms with E-state index in [0.29, 0.717) is 23.8 Å². The van der Waals surface area contributed by atoms with E-state index < -0.39 is 0 Å². The van der Waals surface area contributed by atoms with E-state index >= 15 is 0 Å². The maximum atomic E-state index is 13.3. The molecule has 5 rings (SSSR count). The van der Waals surface area contributed by atoms with E-state index in [4.69, 9.17) is 4.74 Å². The van der Waals surface area contributed by atoms with E-state index in [2.05, 4.69) is 39.6 Å². The number of hydrogen-bond donors (Lipinski definition) is 1. The number of nitrogens with zero attached hydrogens (tertiary/aromatic N) is 3. The first-order valence-electron chi connectivity index (χ1n) is 12.1. The second kappa shape index (κ2) is 10.6. The minimum atomic E-state index is 0.0740. The van der Waals surface area contributed by atoms with Gasteiger partial charge in [-0.15, -0.1) is 0 Å². The summed E-state index contributed by atoms with van der Waals surface area (Å²) >= 11 is 0. The highest BCUT2D eigenvalue weighted by Crippen LogP contribution is 2.29. The number of carbonyl (C=O) groups is 1. The number of pyridine rings is 2. The summed E-state index contributed by atoms with van der Waals surface area (Å²) in [7, 11) is 1.64. The van der Waals surface area contributed by atoms with Crippen LogP contribution in [0.3, 0.4) is 0 Å². The van der Waals surface area contributed by atoms with Crippen LogP contribution in [0.5, 0.6) is 5.75 Å². The molecule has 0 aliphatic carbocycles. The standard InChI is InChI=1S/C29H30N4O2/c1-35-28-10-9-24(18-27(28)32-20-22-5-3-13-30-19-22)29(34)33-15-11-21(12-16-33)17-23-6-2-8-26-25(23)7-4-14-31-26/h2-10,13-14,18-19,21,32H,11-12,15-17,20H2,1H3. The van der Waals surface area contributed by atoms with Gasteiger partial charge in [-0.1, -0.05) is 24.3 Å². The molecular weight excluding hydrogens is 436 g/mol. The van der Waals surface area contributed by atoms with Gasteiger partial charge in [-0.05, 0) is 72.7 Å². The molecule has 0 unspecified atom stereocenters. The monoisotopic (exact) mass is 466 g/mol. The zero-order chi connectivity index (χ0) is 24.0. The summed E-state index contributed by atoms with van der Waals surface area (Å²) in [6, 6.07) is 20.1. The lowest BCUT2D eigenvalue weighted by Crippen LogP contribution is -2.39. The molecule has 0 spiro atoms. The molecule has 1 aliphatic heterocycles. The maximum Gasteiger partial charge on any atom is 0.253 e. The molecule has 2 aromatic carbocycles. The van der Waals surface area contributed by atoms with Gasteiger partial charge in [-0.3, -0.25) is 14.8 Å². The highest BCUT2D eigenvalue weighted by molar-refractivity contribution is 5.95. The number of nitrogens with one attached hydrogen (secondary N) is 1. The van der Waals surface area contributed by atoms with Crippen LogP contribution in [0.2, 0.25) is 0 Å². The molecule has 4 aromatic rings. The van der Waals surface area contributed by atoms with E-state index in [-0.39, 0.29) is 5.91 Å². The van der Waals surface area contributed by atoms with Crippen LogP contribution in [0.4, 0.5) is 5.69 Å². The first-order valence-corrected chi connectivity index (χ1v) is 12.1. The molecule has 1 saturated heterocycles. The van der Waals surface area contributed by atoms with Gasteiger partial charge in [-0.2, -0.15) is 0 Å². The molecule has 1 aliphatic rings. The molecule has 3 heterocycles. The van der Waals surface area contributed by atoms with Crippen LogP contribution >= 0.6 is 0 Å². The van der Waals surface area contributed by atoms with E-state index in [1.165, 1.54) is 10.9 Å². The lowest BCUT2D eigenvalue weighted by molar-refractivity contribution is 0.0690. The van der Waals surface area contributed by atoms with E-state index in [0.717, 1.165) is 49.1 Å². The van der Waals surface area contributed by atoms with Gasteiger partial charge in [0.1, 0.15) is 5.75 Å². The van der Waals surface area contributed by atoms with Crippen molar-refractivity contribution >= 4 is 22.5 Å². The predicted octanol–water partition coefficient (Wildman–Crippen LogP) is 5.35. The number of fused-ring (bicyclic) bond motifs is 1. The third-order valence-corrected chi connectivity index (χ3v) is 6.80. The Morgan fingerprint density at radius 2 is 1.91 bits per heavy atom. The number of rotatable bonds is 7. The van der Waals surface area contributed by atoms with Crippen molar-refractivity contribution in [1.29, 1.82) is 0 Å². The second-order valence-corrected chi connectivity index (χ2v) is 9.06. The van der Waals surface area contributed by atoms with E-state index in [1.54, 1.807) is 13.3 Å². The number of carbonyl (C=O) groups excluding carboxylic acids is 1. The molecule has 0 bridgehead atoms. The summed E-state index contributed by atoms with van der Waals surface area (Å²) in [5, 5.41) is 4.62. The molecule has 0 radical (unpaired) electrons. The van der Waals surface area contributed by atoms with Crippen molar-refractivity contribution in [1.82, 2.24) is 14.9 Å². The largest absolute Gasteiger partial charge is 0.495 e. The van der Waals surface area contributed by atoms with Gasteiger partial charge in [0.25, 0.3) is 5.91 Å². The van der Waals surface area contributed by atoms with Gasteiger partial charge in [-0.25, -0.2) is 0 Å². The Labute approximate surface area is 206 Å². The fourth-order valence-electron chi connectivity index (χ4n) is 4.86. The van der Waals surface area contributed by atoms with Crippen LogP contribution in [0.1, 0.15) is 34.3 Å². The Kier molecular flexibility index (Phi) is 6.89. The van der Waals surface area contributed by atoms with Gasteiger partial charge in [0.15, 0.2) is 0 Å². The van der Waals surface area contributed by atoms with Crippen molar-refractivity contribution in [2.75, 3.05) is 25.5 Å². The molecule has 6 nitrogen and oxygen atoms in total. The Balaban J connectivity index is 1.22. The zero-order valence-corrected chi connectivity index (χ0v) is 20.0. The van der Waals surface area contributed by atoms with Crippen molar-refractivity contribution in [2.24, 2.45) is 5.92 Å². The molecule has 1 N–H and O–H groups in total. The number of benzene rings is 2. The Morgan fingerprint density at radius 3 is 2.71 bits per heavy atom. The van der Waals surface area contributed by atoms with Crippen molar-refractivity contribution in [2.45, 2.75) is 25.8 Å². The SMILES string of the molecule is COc1ccc(C(=O)N2CCC(Cc3cccc4ncccc34)CC2)cc1NCc1cccnc1. The summed E-state index contributed by atoms with van der Waals surface area (Å²) in [5.74, 6) is 1.36. The Hall–Kier alpha value is -3.93. The van der Waals surface area contributed by atoms with Crippen LogP contribution < -0.4 is 10.1 Å². The van der Waals surface area contributed by atoms with Crippen LogP contribution in [0.15, 0.2) is 79.3 Å². The van der Waals surface area contributed by atoms with Crippen LogP contribution in [0, 0.1) is 5.92 Å². The number of hydrogen-bond acceptors (Lipinski definition) is 5. The molecule has 1 amide bonds. The van der Waals surface area contributed by atoms with Gasteiger partial charge in [0.05, 0.1) is 18.3 Å². The molecule has 1 fully saturated rings. The normalized spacial score (nSPS) is 14.1. The molecular formula is C29H30N4O2. The highest BCUT2D eigenvalue weighted by Gasteiger charge is 2.25. The Bertz CT molecular complexity index is 1300. The number of likely N-dealkylation sites (tertiary alicyclic amines) is 1. The third kappa shape index (κ3) is 5.27. The molecule has 178 valence electrons. The van der Waals surface area contributed by atoms with E-state index in [1.807, 2.05) is 53.7 Å². The third-order valence-electron chi connectivity index (χ3n) is 6.80. The number of piperidine rings is 1. The lowest BCUT2D eigenvalue weighted by Gasteiger charge is -2.32. The summed E-state index contributed by atoms with van der Waals surface area (Å²) < 4.78 is 5.51. The minimum Gasteiger partial charge on any atom is -0.495 e. The first-order chi connectivity index (χ1) is 17.2. The fraction of sp³-hybridized carbons (Fsp3) is 0.276. The summed E-state index contributed by atoms with van der Waals surface area (Å²) in [6.45, 7) is 2.16. The summed E-state index contributed by atoms with van der Waals surface area (Å²) in [5.41, 5.74) is 4.94. The smallest absolute Gasteiger partial charge is 0.253 e. The molecule has 2 aromatic heterocycles. The number of anilines is 1. The molecule has 0 saturated carbocycles. The van der Waals surface area contributed by atoms with Crippen LogP contribution in [0.25, 0.3) is 10.9 Å². The fourth-order valence-corrected chi connectivity index (χ4v) is 4.86. The summed E-state index contributed by atoms with van der Waals surface area (Å²) in [4.78, 5) is 23.9. The average Bonchev–Trinajstić information content (AvgIpc) is 2.92. The number of aromatic nitrogens is 2. The van der Waals surface area contributed by atoms with E-state index in [9.17, 15) is 4.79 Å². The average molecular weight is 467 g/mol.